The van der Waals surface area contributed by atoms with Crippen molar-refractivity contribution in [2.24, 2.45) is 0 Å². The van der Waals surface area contributed by atoms with Crippen LogP contribution in [0.2, 0.25) is 5.02 Å². The molecule has 6 nitrogen and oxygen atoms in total. The first kappa shape index (κ1) is 27.3. The summed E-state index contributed by atoms with van der Waals surface area (Å²) in [5.41, 5.74) is -5.30. The number of ether oxygens (including phenoxy) is 1. The Morgan fingerprint density at radius 1 is 1.11 bits per heavy atom. The molecule has 0 aliphatic carbocycles. The normalized spacial score (nSPS) is 15.9. The van der Waals surface area contributed by atoms with Gasteiger partial charge in [-0.3, -0.25) is 4.79 Å². The minimum atomic E-state index is -5.35. The molecule has 0 bridgehead atoms. The van der Waals surface area contributed by atoms with Gasteiger partial charge in [-0.05, 0) is 23.3 Å². The van der Waals surface area contributed by atoms with Crippen molar-refractivity contribution in [1.29, 1.82) is 0 Å². The predicted octanol–water partition coefficient (Wildman–Crippen LogP) is 5.89. The fourth-order valence-electron chi connectivity index (χ4n) is 4.35. The van der Waals surface area contributed by atoms with Gasteiger partial charge in [0.05, 0.1) is 16.3 Å². The number of carboxylic acids is 1. The van der Waals surface area contributed by atoms with Gasteiger partial charge in [0.15, 0.2) is 18.0 Å². The van der Waals surface area contributed by atoms with E-state index in [4.69, 9.17) is 21.4 Å². The first-order chi connectivity index (χ1) is 17.7. The number of aromatic carboxylic acids is 1. The number of hydrogen-bond donors (Lipinski definition) is 2. The summed E-state index contributed by atoms with van der Waals surface area (Å²) in [6.45, 7) is 0.641. The van der Waals surface area contributed by atoms with Gasteiger partial charge < -0.3 is 19.8 Å². The number of carbonyl (C=O) groups excluding carboxylic acids is 1. The molecule has 38 heavy (non-hydrogen) atoms. The van der Waals surface area contributed by atoms with Gasteiger partial charge >= 0.3 is 12.1 Å². The van der Waals surface area contributed by atoms with Gasteiger partial charge in [-0.1, -0.05) is 48.9 Å². The van der Waals surface area contributed by atoms with Crippen LogP contribution in [0.25, 0.3) is 11.1 Å². The van der Waals surface area contributed by atoms with E-state index in [0.29, 0.717) is 6.07 Å². The van der Waals surface area contributed by atoms with Gasteiger partial charge in [0.25, 0.3) is 5.91 Å². The molecule has 200 valence electrons. The number of alkyl halides is 3. The Labute approximate surface area is 217 Å². The molecule has 3 aromatic carbocycles. The van der Waals surface area contributed by atoms with Crippen LogP contribution in [0.3, 0.4) is 0 Å². The van der Waals surface area contributed by atoms with Crippen LogP contribution in [-0.4, -0.2) is 41.9 Å². The summed E-state index contributed by atoms with van der Waals surface area (Å²) in [7, 11) is 1.29. The van der Waals surface area contributed by atoms with E-state index in [0.717, 1.165) is 24.0 Å². The number of likely N-dealkylation sites (N-methyl/N-ethyl adjacent to an activating group) is 1. The number of nitrogens with zero attached hydrogens (tertiary/aromatic N) is 1. The quantitative estimate of drug-likeness (QED) is 0.383. The first-order valence-electron chi connectivity index (χ1n) is 11.0. The number of fused-ring (bicyclic) bond motifs is 1. The molecular formula is C26H19ClF5NO5. The summed E-state index contributed by atoms with van der Waals surface area (Å²) in [5, 5.41) is 19.6. The summed E-state index contributed by atoms with van der Waals surface area (Å²) < 4.78 is 77.8. The molecule has 0 fully saturated rings. The van der Waals surface area contributed by atoms with E-state index < -0.39 is 64.0 Å². The number of aliphatic hydroxyl groups is 1. The zero-order chi connectivity index (χ0) is 28.2. The molecule has 0 saturated carbocycles. The fraction of sp³-hybridized carbons (Fsp3) is 0.231. The van der Waals surface area contributed by atoms with E-state index >= 15 is 4.39 Å². The van der Waals surface area contributed by atoms with Crippen LogP contribution in [0.5, 0.6) is 5.75 Å². The molecule has 2 atom stereocenters. The maximum absolute atomic E-state index is 15.0. The van der Waals surface area contributed by atoms with Gasteiger partial charge in [-0.2, -0.15) is 13.2 Å². The van der Waals surface area contributed by atoms with Crippen molar-refractivity contribution in [2.45, 2.75) is 24.6 Å². The molecule has 0 aromatic heterocycles. The lowest BCUT2D eigenvalue weighted by atomic mass is 9.77. The second-order valence-corrected chi connectivity index (χ2v) is 9.12. The van der Waals surface area contributed by atoms with Gasteiger partial charge in [0, 0.05) is 30.2 Å². The molecule has 0 saturated heterocycles. The predicted molar refractivity (Wildman–Crippen MR) is 127 cm³/mol. The van der Waals surface area contributed by atoms with Gasteiger partial charge in [0.2, 0.25) is 0 Å². The Hall–Kier alpha value is -3.70. The molecule has 1 aliphatic rings. The Kier molecular flexibility index (Phi) is 6.87. The Bertz CT molecular complexity index is 1440. The standard InChI is InChI=1S/C26H19ClF5NO5/c1-12(13-3-5-14(6-4-13)15-7-8-16(24(35)36)23(29)22(15)27)25(37,26(30,31)32)17-9-19-20(10-18(17)28)38-11-21(34)33(19)2/h3-10,12,37H,11H2,1-2H3,(H,35,36). The highest BCUT2D eigenvalue weighted by Crippen LogP contribution is 2.51. The number of hydrogen-bond acceptors (Lipinski definition) is 4. The van der Waals surface area contributed by atoms with Crippen LogP contribution in [-0.2, 0) is 10.4 Å². The summed E-state index contributed by atoms with van der Waals surface area (Å²) in [5.74, 6) is -6.54. The number of anilines is 1. The fourth-order valence-corrected chi connectivity index (χ4v) is 4.62. The Morgan fingerprint density at radius 3 is 2.32 bits per heavy atom. The van der Waals surface area contributed by atoms with Crippen LogP contribution in [0.4, 0.5) is 27.6 Å². The average molecular weight is 556 g/mol. The highest BCUT2D eigenvalue weighted by Gasteiger charge is 2.60. The lowest BCUT2D eigenvalue weighted by molar-refractivity contribution is -0.275. The monoisotopic (exact) mass is 555 g/mol. The molecule has 0 spiro atoms. The van der Waals surface area contributed by atoms with Crippen LogP contribution in [0.1, 0.15) is 34.3 Å². The molecule has 0 radical (unpaired) electrons. The van der Waals surface area contributed by atoms with E-state index in [1.807, 2.05) is 0 Å². The molecule has 4 rings (SSSR count). The average Bonchev–Trinajstić information content (AvgIpc) is 2.86. The second kappa shape index (κ2) is 9.55. The molecule has 1 aliphatic heterocycles. The SMILES string of the molecule is CC(c1ccc(-c2ccc(C(=O)O)c(F)c2Cl)cc1)C(O)(c1cc2c(cc1F)OCC(=O)N2C)C(F)(F)F. The van der Waals surface area contributed by atoms with Crippen molar-refractivity contribution in [3.63, 3.8) is 0 Å². The smallest absolute Gasteiger partial charge is 0.422 e. The van der Waals surface area contributed by atoms with Crippen LogP contribution in [0, 0.1) is 11.6 Å². The first-order valence-corrected chi connectivity index (χ1v) is 11.4. The summed E-state index contributed by atoms with van der Waals surface area (Å²) in [6.07, 6.45) is -5.35. The molecule has 3 aromatic rings. The lowest BCUT2D eigenvalue weighted by Crippen LogP contribution is -2.47. The number of benzene rings is 3. The zero-order valence-corrected chi connectivity index (χ0v) is 20.5. The van der Waals surface area contributed by atoms with E-state index in [9.17, 15) is 32.3 Å². The molecule has 2 unspecified atom stereocenters. The van der Waals surface area contributed by atoms with Gasteiger partial charge in [-0.25, -0.2) is 13.6 Å². The summed E-state index contributed by atoms with van der Waals surface area (Å²) >= 11 is 5.98. The number of amides is 1. The highest BCUT2D eigenvalue weighted by molar-refractivity contribution is 6.33. The molecular weight excluding hydrogens is 537 g/mol. The summed E-state index contributed by atoms with van der Waals surface area (Å²) in [6, 6.07) is 8.77. The maximum atomic E-state index is 15.0. The van der Waals surface area contributed by atoms with Crippen molar-refractivity contribution in [3.05, 3.63) is 81.9 Å². The number of halogens is 6. The summed E-state index contributed by atoms with van der Waals surface area (Å²) in [4.78, 5) is 24.1. The van der Waals surface area contributed by atoms with Crippen molar-refractivity contribution in [1.82, 2.24) is 0 Å². The Morgan fingerprint density at radius 2 is 1.74 bits per heavy atom. The van der Waals surface area contributed by atoms with Crippen LogP contribution in [0.15, 0.2) is 48.5 Å². The molecule has 12 heteroatoms. The van der Waals surface area contributed by atoms with Gasteiger partial charge in [0.1, 0.15) is 11.6 Å². The molecule has 1 heterocycles. The van der Waals surface area contributed by atoms with E-state index in [2.05, 4.69) is 0 Å². The maximum Gasteiger partial charge on any atom is 0.422 e. The zero-order valence-electron chi connectivity index (χ0n) is 19.7. The van der Waals surface area contributed by atoms with Crippen molar-refractivity contribution >= 4 is 29.2 Å². The van der Waals surface area contributed by atoms with Crippen LogP contribution >= 0.6 is 11.6 Å². The van der Waals surface area contributed by atoms with E-state index in [-0.39, 0.29) is 28.1 Å². The van der Waals surface area contributed by atoms with Crippen LogP contribution < -0.4 is 9.64 Å². The van der Waals surface area contributed by atoms with Crippen molar-refractivity contribution in [3.8, 4) is 16.9 Å². The number of rotatable bonds is 5. The van der Waals surface area contributed by atoms with Crippen molar-refractivity contribution in [2.75, 3.05) is 18.6 Å². The van der Waals surface area contributed by atoms with E-state index in [1.54, 1.807) is 0 Å². The highest BCUT2D eigenvalue weighted by atomic mass is 35.5. The lowest BCUT2D eigenvalue weighted by Gasteiger charge is -2.38. The minimum Gasteiger partial charge on any atom is -0.481 e. The topological polar surface area (TPSA) is 87.1 Å². The second-order valence-electron chi connectivity index (χ2n) is 8.74. The third kappa shape index (κ3) is 4.35. The molecule has 1 amide bonds. The molecule has 2 N–H and O–H groups in total. The number of carbonyl (C=O) groups is 2. The Balaban J connectivity index is 1.77. The van der Waals surface area contributed by atoms with Gasteiger partial charge in [-0.15, -0.1) is 0 Å². The van der Waals surface area contributed by atoms with Crippen molar-refractivity contribution < 1.29 is 46.5 Å². The largest absolute Gasteiger partial charge is 0.481 e. The third-order valence-corrected chi connectivity index (χ3v) is 7.01. The third-order valence-electron chi connectivity index (χ3n) is 6.64. The number of carboxylic acid groups (broad SMARTS) is 1. The minimum absolute atomic E-state index is 0.0508. The van der Waals surface area contributed by atoms with E-state index in [1.165, 1.54) is 37.4 Å².